The molecule has 1 aliphatic rings. The fraction of sp³-hybridized carbons (Fsp3) is 1.00. The van der Waals surface area contributed by atoms with Gasteiger partial charge < -0.3 is 10.2 Å². The molecule has 0 aromatic carbocycles. The van der Waals surface area contributed by atoms with E-state index in [0.29, 0.717) is 0 Å². The minimum Gasteiger partial charge on any atom is -0.317 e. The lowest BCUT2D eigenvalue weighted by molar-refractivity contribution is 0.236. The van der Waals surface area contributed by atoms with Crippen molar-refractivity contribution < 1.29 is 0 Å². The molecule has 1 rings (SSSR count). The number of rotatable bonds is 7. The first kappa shape index (κ1) is 13.0. The third-order valence-electron chi connectivity index (χ3n) is 3.68. The minimum atomic E-state index is 0.769. The zero-order valence-corrected chi connectivity index (χ0v) is 10.8. The summed E-state index contributed by atoms with van der Waals surface area (Å²) in [4.78, 5) is 2.67. The highest BCUT2D eigenvalue weighted by atomic mass is 15.2. The molecule has 1 N–H and O–H groups in total. The summed E-state index contributed by atoms with van der Waals surface area (Å²) in [6, 6.07) is 0.769. The summed E-state index contributed by atoms with van der Waals surface area (Å²) >= 11 is 0. The zero-order chi connectivity index (χ0) is 11.1. The molecular weight excluding hydrogens is 184 g/mol. The van der Waals surface area contributed by atoms with Crippen molar-refractivity contribution in [1.29, 1.82) is 0 Å². The molecule has 2 atom stereocenters. The van der Waals surface area contributed by atoms with Crippen LogP contribution in [-0.2, 0) is 0 Å². The molecule has 15 heavy (non-hydrogen) atoms. The van der Waals surface area contributed by atoms with Gasteiger partial charge in [-0.3, -0.25) is 0 Å². The van der Waals surface area contributed by atoms with Gasteiger partial charge in [-0.1, -0.05) is 20.3 Å². The van der Waals surface area contributed by atoms with Crippen LogP contribution in [0.2, 0.25) is 0 Å². The van der Waals surface area contributed by atoms with Crippen LogP contribution in [0.1, 0.15) is 46.5 Å². The summed E-state index contributed by atoms with van der Waals surface area (Å²) in [6.07, 6.45) is 5.33. The van der Waals surface area contributed by atoms with Gasteiger partial charge in [0.25, 0.3) is 0 Å². The smallest absolute Gasteiger partial charge is 0.00791 e. The molecule has 1 fully saturated rings. The van der Waals surface area contributed by atoms with Crippen LogP contribution in [0.25, 0.3) is 0 Å². The lowest BCUT2D eigenvalue weighted by Crippen LogP contribution is -2.33. The molecular formula is C13H28N2. The molecule has 1 saturated heterocycles. The Labute approximate surface area is 95.4 Å². The average Bonchev–Trinajstić information content (AvgIpc) is 2.72. The van der Waals surface area contributed by atoms with E-state index in [1.807, 2.05) is 0 Å². The van der Waals surface area contributed by atoms with Crippen molar-refractivity contribution in [2.75, 3.05) is 26.2 Å². The monoisotopic (exact) mass is 212 g/mol. The molecule has 2 nitrogen and oxygen atoms in total. The van der Waals surface area contributed by atoms with Gasteiger partial charge in [0.05, 0.1) is 0 Å². The van der Waals surface area contributed by atoms with Crippen molar-refractivity contribution >= 4 is 0 Å². The average molecular weight is 212 g/mol. The van der Waals surface area contributed by atoms with Gasteiger partial charge >= 0.3 is 0 Å². The Balaban J connectivity index is 2.09. The van der Waals surface area contributed by atoms with E-state index >= 15 is 0 Å². The van der Waals surface area contributed by atoms with Gasteiger partial charge in [-0.05, 0) is 51.7 Å². The summed E-state index contributed by atoms with van der Waals surface area (Å²) in [5.41, 5.74) is 0. The Morgan fingerprint density at radius 3 is 2.73 bits per heavy atom. The van der Waals surface area contributed by atoms with Gasteiger partial charge in [0, 0.05) is 12.6 Å². The van der Waals surface area contributed by atoms with E-state index in [0.717, 1.165) is 12.0 Å². The van der Waals surface area contributed by atoms with E-state index in [1.165, 1.54) is 51.9 Å². The van der Waals surface area contributed by atoms with Gasteiger partial charge in [-0.25, -0.2) is 0 Å². The molecule has 2 heteroatoms. The van der Waals surface area contributed by atoms with Crippen LogP contribution in [0.5, 0.6) is 0 Å². The second-order valence-corrected chi connectivity index (χ2v) is 4.95. The number of hydrogen-bond acceptors (Lipinski definition) is 2. The highest BCUT2D eigenvalue weighted by Crippen LogP contribution is 2.21. The maximum absolute atomic E-state index is 3.49. The molecule has 0 aliphatic carbocycles. The van der Waals surface area contributed by atoms with Gasteiger partial charge in [-0.2, -0.15) is 0 Å². The topological polar surface area (TPSA) is 15.3 Å². The van der Waals surface area contributed by atoms with Crippen molar-refractivity contribution in [3.63, 3.8) is 0 Å². The first-order chi connectivity index (χ1) is 7.27. The fourth-order valence-electron chi connectivity index (χ4n) is 2.39. The molecule has 0 spiro atoms. The van der Waals surface area contributed by atoms with Crippen LogP contribution in [0.3, 0.4) is 0 Å². The lowest BCUT2D eigenvalue weighted by atomic mass is 10.1. The van der Waals surface area contributed by atoms with Gasteiger partial charge in [-0.15, -0.1) is 0 Å². The Bertz CT molecular complexity index is 159. The van der Waals surface area contributed by atoms with E-state index < -0.39 is 0 Å². The number of nitrogens with zero attached hydrogens (tertiary/aromatic N) is 1. The maximum atomic E-state index is 3.49. The molecule has 1 aliphatic heterocycles. The predicted molar refractivity (Wildman–Crippen MR) is 67.2 cm³/mol. The second kappa shape index (κ2) is 7.24. The van der Waals surface area contributed by atoms with E-state index in [2.05, 4.69) is 31.0 Å². The highest BCUT2D eigenvalue weighted by Gasteiger charge is 2.24. The van der Waals surface area contributed by atoms with E-state index in [9.17, 15) is 0 Å². The third-order valence-corrected chi connectivity index (χ3v) is 3.68. The largest absolute Gasteiger partial charge is 0.317 e. The van der Waals surface area contributed by atoms with Crippen molar-refractivity contribution in [3.8, 4) is 0 Å². The maximum Gasteiger partial charge on any atom is 0.00791 e. The summed E-state index contributed by atoms with van der Waals surface area (Å²) in [6.45, 7) is 11.9. The van der Waals surface area contributed by atoms with Gasteiger partial charge in [0.1, 0.15) is 0 Å². The standard InChI is InChI=1S/C13H28N2/c1-4-8-14-9-6-12(3)15-10-7-13(5-2)11-15/h12-14H,4-11H2,1-3H3. The summed E-state index contributed by atoms with van der Waals surface area (Å²) in [7, 11) is 0. The molecule has 0 aromatic heterocycles. The number of nitrogens with one attached hydrogen (secondary N) is 1. The van der Waals surface area contributed by atoms with E-state index in [4.69, 9.17) is 0 Å². The molecule has 0 saturated carbocycles. The van der Waals surface area contributed by atoms with Gasteiger partial charge in [0.2, 0.25) is 0 Å². The molecule has 0 bridgehead atoms. The first-order valence-electron chi connectivity index (χ1n) is 6.72. The molecule has 2 unspecified atom stereocenters. The summed E-state index contributed by atoms with van der Waals surface area (Å²) in [5, 5.41) is 3.49. The second-order valence-electron chi connectivity index (χ2n) is 4.95. The summed E-state index contributed by atoms with van der Waals surface area (Å²) in [5.74, 6) is 0.969. The Hall–Kier alpha value is -0.0800. The number of likely N-dealkylation sites (tertiary alicyclic amines) is 1. The lowest BCUT2D eigenvalue weighted by Gasteiger charge is -2.24. The fourth-order valence-corrected chi connectivity index (χ4v) is 2.39. The van der Waals surface area contributed by atoms with Gasteiger partial charge in [0.15, 0.2) is 0 Å². The molecule has 1 heterocycles. The van der Waals surface area contributed by atoms with Crippen LogP contribution in [0, 0.1) is 5.92 Å². The van der Waals surface area contributed by atoms with Crippen LogP contribution >= 0.6 is 0 Å². The first-order valence-corrected chi connectivity index (χ1v) is 6.72. The van der Waals surface area contributed by atoms with Crippen molar-refractivity contribution in [1.82, 2.24) is 10.2 Å². The minimum absolute atomic E-state index is 0.769. The van der Waals surface area contributed by atoms with Crippen LogP contribution < -0.4 is 5.32 Å². The van der Waals surface area contributed by atoms with Crippen LogP contribution in [0.15, 0.2) is 0 Å². The van der Waals surface area contributed by atoms with Crippen LogP contribution in [-0.4, -0.2) is 37.1 Å². The number of hydrogen-bond donors (Lipinski definition) is 1. The quantitative estimate of drug-likeness (QED) is 0.652. The normalized spacial score (nSPS) is 24.6. The molecule has 0 aromatic rings. The Kier molecular flexibility index (Phi) is 6.26. The van der Waals surface area contributed by atoms with E-state index in [-0.39, 0.29) is 0 Å². The highest BCUT2D eigenvalue weighted by molar-refractivity contribution is 4.79. The SMILES string of the molecule is CCCNCCC(C)N1CCC(CC)C1. The molecule has 0 amide bonds. The Morgan fingerprint density at radius 1 is 1.33 bits per heavy atom. The van der Waals surface area contributed by atoms with E-state index in [1.54, 1.807) is 0 Å². The van der Waals surface area contributed by atoms with Crippen molar-refractivity contribution in [3.05, 3.63) is 0 Å². The molecule has 90 valence electrons. The summed E-state index contributed by atoms with van der Waals surface area (Å²) < 4.78 is 0. The predicted octanol–water partition coefficient (Wildman–Crippen LogP) is 2.50. The van der Waals surface area contributed by atoms with Crippen molar-refractivity contribution in [2.24, 2.45) is 5.92 Å². The zero-order valence-electron chi connectivity index (χ0n) is 10.8. The van der Waals surface area contributed by atoms with Crippen molar-refractivity contribution in [2.45, 2.75) is 52.5 Å². The Morgan fingerprint density at radius 2 is 2.13 bits per heavy atom. The third kappa shape index (κ3) is 4.52. The molecule has 0 radical (unpaired) electrons. The van der Waals surface area contributed by atoms with Crippen LogP contribution in [0.4, 0.5) is 0 Å².